The summed E-state index contributed by atoms with van der Waals surface area (Å²) < 4.78 is 0. The first-order valence-electron chi connectivity index (χ1n) is 6.62. The van der Waals surface area contributed by atoms with Crippen LogP contribution in [-0.4, -0.2) is 40.5 Å². The number of benzene rings is 1. The zero-order valence-corrected chi connectivity index (χ0v) is 13.0. The SMILES string of the molecule is CC(C(=O)O)N(CC(=O)Nc1ccc(Cl)c(Cl)c1)C1CC1. The molecule has 1 saturated carbocycles. The van der Waals surface area contributed by atoms with Gasteiger partial charge in [0.05, 0.1) is 16.6 Å². The van der Waals surface area contributed by atoms with E-state index in [0.29, 0.717) is 15.7 Å². The van der Waals surface area contributed by atoms with Crippen LogP contribution in [0.2, 0.25) is 10.0 Å². The normalized spacial score (nSPS) is 15.8. The minimum atomic E-state index is -0.927. The number of halogens is 2. The van der Waals surface area contributed by atoms with Gasteiger partial charge in [0.2, 0.25) is 5.91 Å². The van der Waals surface area contributed by atoms with E-state index in [4.69, 9.17) is 28.3 Å². The summed E-state index contributed by atoms with van der Waals surface area (Å²) in [7, 11) is 0. The van der Waals surface area contributed by atoms with Crippen molar-refractivity contribution in [2.75, 3.05) is 11.9 Å². The molecular weight excluding hydrogens is 315 g/mol. The van der Waals surface area contributed by atoms with Gasteiger partial charge in [-0.1, -0.05) is 23.2 Å². The molecule has 5 nitrogen and oxygen atoms in total. The molecular formula is C14H16Cl2N2O3. The van der Waals surface area contributed by atoms with Crippen LogP contribution in [0.4, 0.5) is 5.69 Å². The van der Waals surface area contributed by atoms with Crippen LogP contribution >= 0.6 is 23.2 Å². The number of carbonyl (C=O) groups excluding carboxylic acids is 1. The van der Waals surface area contributed by atoms with Crippen LogP contribution in [0.15, 0.2) is 18.2 Å². The maximum absolute atomic E-state index is 12.1. The lowest BCUT2D eigenvalue weighted by molar-refractivity contribution is -0.143. The molecule has 2 N–H and O–H groups in total. The topological polar surface area (TPSA) is 69.6 Å². The molecule has 2 rings (SSSR count). The molecule has 1 aromatic rings. The molecule has 0 heterocycles. The van der Waals surface area contributed by atoms with Gasteiger partial charge in [0, 0.05) is 11.7 Å². The van der Waals surface area contributed by atoms with Crippen molar-refractivity contribution >= 4 is 40.8 Å². The summed E-state index contributed by atoms with van der Waals surface area (Å²) in [5.74, 6) is -1.20. The zero-order chi connectivity index (χ0) is 15.6. The molecule has 0 radical (unpaired) electrons. The fourth-order valence-electron chi connectivity index (χ4n) is 2.07. The van der Waals surface area contributed by atoms with Gasteiger partial charge in [0.15, 0.2) is 0 Å². The third kappa shape index (κ3) is 4.33. The van der Waals surface area contributed by atoms with E-state index in [9.17, 15) is 9.59 Å². The highest BCUT2D eigenvalue weighted by molar-refractivity contribution is 6.42. The molecule has 1 amide bonds. The standard InChI is InChI=1S/C14H16Cl2N2O3/c1-8(14(20)21)18(10-3-4-10)7-13(19)17-9-2-5-11(15)12(16)6-9/h2,5-6,8,10H,3-4,7H2,1H3,(H,17,19)(H,20,21). The molecule has 7 heteroatoms. The Balaban J connectivity index is 1.99. The largest absolute Gasteiger partial charge is 0.480 e. The van der Waals surface area contributed by atoms with E-state index in [0.717, 1.165) is 12.8 Å². The first-order valence-corrected chi connectivity index (χ1v) is 7.37. The molecule has 0 aromatic heterocycles. The number of nitrogens with zero attached hydrogens (tertiary/aromatic N) is 1. The number of hydrogen-bond donors (Lipinski definition) is 2. The van der Waals surface area contributed by atoms with Gasteiger partial charge in [-0.15, -0.1) is 0 Å². The Bertz CT molecular complexity index is 561. The fourth-order valence-corrected chi connectivity index (χ4v) is 2.37. The molecule has 0 bridgehead atoms. The summed E-state index contributed by atoms with van der Waals surface area (Å²) in [4.78, 5) is 24.8. The Hall–Kier alpha value is -1.30. The lowest BCUT2D eigenvalue weighted by atomic mass is 10.2. The van der Waals surface area contributed by atoms with Crippen LogP contribution in [0.3, 0.4) is 0 Å². The van der Waals surface area contributed by atoms with Crippen LogP contribution in [0.5, 0.6) is 0 Å². The Kier molecular flexibility index (Phi) is 5.08. The second-order valence-electron chi connectivity index (χ2n) is 5.09. The van der Waals surface area contributed by atoms with Gasteiger partial charge in [-0.2, -0.15) is 0 Å². The van der Waals surface area contributed by atoms with Crippen LogP contribution in [0, 0.1) is 0 Å². The Labute approximate surface area is 132 Å². The first kappa shape index (κ1) is 16.1. The van der Waals surface area contributed by atoms with Crippen molar-refractivity contribution in [3.63, 3.8) is 0 Å². The van der Waals surface area contributed by atoms with E-state index < -0.39 is 12.0 Å². The van der Waals surface area contributed by atoms with E-state index in [2.05, 4.69) is 5.32 Å². The average molecular weight is 331 g/mol. The van der Waals surface area contributed by atoms with Crippen LogP contribution in [0.25, 0.3) is 0 Å². The third-order valence-electron chi connectivity index (χ3n) is 3.40. The predicted molar refractivity (Wildman–Crippen MR) is 81.9 cm³/mol. The van der Waals surface area contributed by atoms with Crippen LogP contribution in [0.1, 0.15) is 19.8 Å². The highest BCUT2D eigenvalue weighted by atomic mass is 35.5. The number of carboxylic acid groups (broad SMARTS) is 1. The van der Waals surface area contributed by atoms with Gasteiger partial charge in [0.25, 0.3) is 0 Å². The smallest absolute Gasteiger partial charge is 0.320 e. The van der Waals surface area contributed by atoms with Gasteiger partial charge in [-0.05, 0) is 38.0 Å². The number of rotatable bonds is 6. The lowest BCUT2D eigenvalue weighted by Gasteiger charge is -2.25. The average Bonchev–Trinajstić information content (AvgIpc) is 3.24. The second-order valence-corrected chi connectivity index (χ2v) is 5.91. The highest BCUT2D eigenvalue weighted by Gasteiger charge is 2.36. The molecule has 0 aliphatic heterocycles. The maximum atomic E-state index is 12.1. The minimum Gasteiger partial charge on any atom is -0.480 e. The second kappa shape index (κ2) is 6.64. The van der Waals surface area contributed by atoms with Gasteiger partial charge < -0.3 is 10.4 Å². The van der Waals surface area contributed by atoms with Crippen molar-refractivity contribution in [1.29, 1.82) is 0 Å². The van der Waals surface area contributed by atoms with Crippen molar-refractivity contribution in [2.45, 2.75) is 31.8 Å². The van der Waals surface area contributed by atoms with Gasteiger partial charge in [0.1, 0.15) is 6.04 Å². The summed E-state index contributed by atoms with van der Waals surface area (Å²) in [6.45, 7) is 1.63. The first-order chi connectivity index (χ1) is 9.88. The number of anilines is 1. The van der Waals surface area contributed by atoms with E-state index in [1.54, 1.807) is 30.0 Å². The molecule has 1 fully saturated rings. The molecule has 21 heavy (non-hydrogen) atoms. The predicted octanol–water partition coefficient (Wildman–Crippen LogP) is 2.87. The number of carboxylic acids is 1. The number of carbonyl (C=O) groups is 2. The number of aliphatic carboxylic acids is 1. The van der Waals surface area contributed by atoms with Gasteiger partial charge in [-0.25, -0.2) is 0 Å². The molecule has 1 atom stereocenters. The molecule has 1 aromatic carbocycles. The monoisotopic (exact) mass is 330 g/mol. The number of nitrogens with one attached hydrogen (secondary N) is 1. The van der Waals surface area contributed by atoms with Crippen molar-refractivity contribution in [3.05, 3.63) is 28.2 Å². The van der Waals surface area contributed by atoms with Gasteiger partial charge in [-0.3, -0.25) is 14.5 Å². The van der Waals surface area contributed by atoms with Crippen molar-refractivity contribution in [2.24, 2.45) is 0 Å². The molecule has 1 unspecified atom stereocenters. The summed E-state index contributed by atoms with van der Waals surface area (Å²) in [5.41, 5.74) is 0.535. The Morgan fingerprint density at radius 2 is 2.05 bits per heavy atom. The van der Waals surface area contributed by atoms with Gasteiger partial charge >= 0.3 is 5.97 Å². The number of hydrogen-bond acceptors (Lipinski definition) is 3. The fraction of sp³-hybridized carbons (Fsp3) is 0.429. The molecule has 1 aliphatic carbocycles. The summed E-state index contributed by atoms with van der Waals surface area (Å²) >= 11 is 11.7. The zero-order valence-electron chi connectivity index (χ0n) is 11.5. The third-order valence-corrected chi connectivity index (χ3v) is 4.14. The molecule has 114 valence electrons. The maximum Gasteiger partial charge on any atom is 0.320 e. The summed E-state index contributed by atoms with van der Waals surface area (Å²) in [6, 6.07) is 4.29. The van der Waals surface area contributed by atoms with E-state index in [-0.39, 0.29) is 18.5 Å². The Morgan fingerprint density at radius 1 is 1.38 bits per heavy atom. The van der Waals surface area contributed by atoms with E-state index in [1.165, 1.54) is 0 Å². The molecule has 0 saturated heterocycles. The molecule has 0 spiro atoms. The van der Waals surface area contributed by atoms with Crippen LogP contribution in [-0.2, 0) is 9.59 Å². The van der Waals surface area contributed by atoms with Crippen molar-refractivity contribution in [1.82, 2.24) is 4.90 Å². The minimum absolute atomic E-state index is 0.0401. The van der Waals surface area contributed by atoms with Crippen LogP contribution < -0.4 is 5.32 Å². The number of amides is 1. The van der Waals surface area contributed by atoms with E-state index in [1.807, 2.05) is 0 Å². The molecule has 1 aliphatic rings. The Morgan fingerprint density at radius 3 is 2.57 bits per heavy atom. The van der Waals surface area contributed by atoms with E-state index >= 15 is 0 Å². The lowest BCUT2D eigenvalue weighted by Crippen LogP contribution is -2.44. The summed E-state index contributed by atoms with van der Waals surface area (Å²) in [5, 5.41) is 12.6. The highest BCUT2D eigenvalue weighted by Crippen LogP contribution is 2.29. The van der Waals surface area contributed by atoms with Crippen molar-refractivity contribution < 1.29 is 14.7 Å². The summed E-state index contributed by atoms with van der Waals surface area (Å²) in [6.07, 6.45) is 1.86. The van der Waals surface area contributed by atoms with Crippen molar-refractivity contribution in [3.8, 4) is 0 Å². The quantitative estimate of drug-likeness (QED) is 0.841.